The predicted molar refractivity (Wildman–Crippen MR) is 448 cm³/mol. The Balaban J connectivity index is 1.10. The Morgan fingerprint density at radius 3 is 1.58 bits per heavy atom. The van der Waals surface area contributed by atoms with Crippen molar-refractivity contribution < 1.29 is 82.4 Å². The molecule has 2 aliphatic heterocycles. The highest BCUT2D eigenvalue weighted by atomic mass is 17.1. The molecule has 5 aromatic rings. The molecule has 10 atom stereocenters. The van der Waals surface area contributed by atoms with Crippen molar-refractivity contribution in [3.05, 3.63) is 167 Å². The summed E-state index contributed by atoms with van der Waals surface area (Å²) in [5.41, 5.74) is 17.5. The Bertz CT molecular complexity index is 4380. The number of nitrogens with two attached hydrogens (primary N) is 2. The normalized spacial score (nSPS) is 19.5. The van der Waals surface area contributed by atoms with Gasteiger partial charge in [0, 0.05) is 77.1 Å². The maximum absolute atomic E-state index is 14.8. The van der Waals surface area contributed by atoms with E-state index < -0.39 is 169 Å². The minimum Gasteiger partial charge on any atom is -0.481 e. The van der Waals surface area contributed by atoms with Gasteiger partial charge in [-0.1, -0.05) is 115 Å². The summed E-state index contributed by atoms with van der Waals surface area (Å²) in [4.78, 5) is 204. The molecule has 0 saturated carbocycles. The van der Waals surface area contributed by atoms with Crippen LogP contribution in [-0.2, 0) is 86.5 Å². The van der Waals surface area contributed by atoms with Gasteiger partial charge in [-0.25, -0.2) is 9.87 Å². The lowest BCUT2D eigenvalue weighted by molar-refractivity contribution is -0.243. The van der Waals surface area contributed by atoms with Crippen LogP contribution in [0.4, 0.5) is 5.82 Å². The van der Waals surface area contributed by atoms with Crippen LogP contribution in [0, 0.1) is 17.7 Å². The summed E-state index contributed by atoms with van der Waals surface area (Å²) < 4.78 is 0. The highest BCUT2D eigenvalue weighted by Crippen LogP contribution is 2.16. The lowest BCUT2D eigenvalue weighted by Gasteiger charge is -2.26. The van der Waals surface area contributed by atoms with E-state index in [9.17, 15) is 77.5 Å². The third-order valence-electron chi connectivity index (χ3n) is 19.6. The number of hydrogen-bond acceptors (Lipinski definition) is 22. The molecular formula is C82H111N23O17. The van der Waals surface area contributed by atoms with E-state index >= 15 is 0 Å². The predicted octanol–water partition coefficient (Wildman–Crippen LogP) is -2.01. The quantitative estimate of drug-likeness (QED) is 0.00663. The van der Waals surface area contributed by atoms with Crippen molar-refractivity contribution in [3.63, 3.8) is 0 Å². The number of nitrogens with one attached hydrogen (secondary N) is 19. The highest BCUT2D eigenvalue weighted by molar-refractivity contribution is 6.00. The highest BCUT2D eigenvalue weighted by Gasteiger charge is 2.36. The molecule has 0 bridgehead atoms. The maximum atomic E-state index is 14.8. The maximum Gasteiger partial charge on any atom is 0.305 e. The first-order chi connectivity index (χ1) is 58.7. The fraction of sp³-hybridized carbons (Fsp3) is 0.439. The molecule has 656 valence electrons. The molecule has 0 aliphatic carbocycles. The second kappa shape index (κ2) is 51.7. The molecule has 3 heterocycles. The number of nitrogens with zero attached hydrogens (tertiary/aromatic N) is 2. The average Bonchev–Trinajstić information content (AvgIpc) is 0.890. The van der Waals surface area contributed by atoms with E-state index in [0.29, 0.717) is 28.9 Å². The monoisotopic (exact) mass is 1690 g/mol. The van der Waals surface area contributed by atoms with Crippen LogP contribution in [0.15, 0.2) is 139 Å². The van der Waals surface area contributed by atoms with E-state index in [1.807, 2.05) is 31.2 Å². The Kier molecular flexibility index (Phi) is 40.6. The summed E-state index contributed by atoms with van der Waals surface area (Å²) in [5.74, 6) is -12.0. The van der Waals surface area contributed by atoms with E-state index in [4.69, 9.17) is 22.3 Å². The average molecular weight is 1690 g/mol. The van der Waals surface area contributed by atoms with Crippen molar-refractivity contribution in [2.45, 2.75) is 176 Å². The van der Waals surface area contributed by atoms with Crippen molar-refractivity contribution in [3.8, 4) is 0 Å². The van der Waals surface area contributed by atoms with Gasteiger partial charge in [0.05, 0.1) is 37.9 Å². The van der Waals surface area contributed by atoms with Gasteiger partial charge in [-0.2, -0.15) is 5.10 Å². The summed E-state index contributed by atoms with van der Waals surface area (Å²) >= 11 is 0. The molecule has 1 aromatic heterocycles. The number of hydrogen-bond donors (Lipinski definition) is 23. The van der Waals surface area contributed by atoms with Crippen molar-refractivity contribution in [2.24, 2.45) is 16.6 Å². The number of pyridine rings is 1. The van der Waals surface area contributed by atoms with Crippen LogP contribution in [0.5, 0.6) is 0 Å². The minimum atomic E-state index is -1.62. The molecule has 4 aromatic carbocycles. The van der Waals surface area contributed by atoms with Gasteiger partial charge in [0.1, 0.15) is 60.2 Å². The zero-order chi connectivity index (χ0) is 88.1. The fourth-order valence-electron chi connectivity index (χ4n) is 13.1. The van der Waals surface area contributed by atoms with Gasteiger partial charge < -0.3 is 102 Å². The van der Waals surface area contributed by atoms with Crippen LogP contribution in [0.2, 0.25) is 0 Å². The van der Waals surface area contributed by atoms with Crippen LogP contribution in [0.1, 0.15) is 128 Å². The topological polar surface area (TPSA) is 618 Å². The molecular weight excluding hydrogens is 1580 g/mol. The number of carboxylic acid groups (broad SMARTS) is 1. The number of amides is 13. The molecule has 40 nitrogen and oxygen atoms in total. The molecule has 2 fully saturated rings. The Hall–Kier alpha value is -13.5. The van der Waals surface area contributed by atoms with Crippen LogP contribution < -0.4 is 102 Å². The summed E-state index contributed by atoms with van der Waals surface area (Å²) in [6.07, 6.45) is 1.94. The van der Waals surface area contributed by atoms with Gasteiger partial charge in [-0.15, -0.1) is 0 Å². The van der Waals surface area contributed by atoms with E-state index in [-0.39, 0.29) is 147 Å². The molecule has 2 aliphatic rings. The molecule has 0 spiro atoms. The number of aryl methyl sites for hydroxylation is 1. The Morgan fingerprint density at radius 1 is 0.525 bits per heavy atom. The molecule has 0 radical (unpaired) electrons. The van der Waals surface area contributed by atoms with Gasteiger partial charge in [0.15, 0.2) is 11.9 Å². The first-order valence-electron chi connectivity index (χ1n) is 40.3. The molecule has 5 unspecified atom stereocenters. The number of guanidine groups is 2. The summed E-state index contributed by atoms with van der Waals surface area (Å²) in [7, 11) is 0. The van der Waals surface area contributed by atoms with Crippen molar-refractivity contribution in [2.75, 3.05) is 57.8 Å². The number of anilines is 1. The van der Waals surface area contributed by atoms with Crippen LogP contribution >= 0.6 is 0 Å². The summed E-state index contributed by atoms with van der Waals surface area (Å²) in [5, 5.41) is 81.6. The Morgan fingerprint density at radius 2 is 1.02 bits per heavy atom. The zero-order valence-electron chi connectivity index (χ0n) is 67.8. The van der Waals surface area contributed by atoms with E-state index in [2.05, 4.69) is 105 Å². The third kappa shape index (κ3) is 35.2. The van der Waals surface area contributed by atoms with Crippen molar-refractivity contribution in [1.29, 1.82) is 10.8 Å². The van der Waals surface area contributed by atoms with Crippen LogP contribution in [0.25, 0.3) is 0 Å². The SMILES string of the molecule is Cc1ccccc1/C=N/Nc1ccc(C(=O)N[C@@H](Cc2ccccc2)C(=O)NC(CCC(=O)NCCCCC2NC(=O)[C@@H](Cc3ccccc3)NC(=O)C(CCOO)NC(=O)CNC(=O)C(CCCNC(=N)N)NC2=O)C(=O)NCCCC[C@@H]2NC(=O)C(Cc3ccccc3)NC(=O)[C@H](CC(=O)O)NC(=O)CNC[C@H](CCCNC(=N)N)NC2=O)cn1. The standard InChI is InChI=1S/C82H111N23O17/c1-50-19-11-12-26-54(50)46-94-105-66-33-31-55(45-92-66)71(111)102-62(41-51-20-5-2-6-21-51)77(117)101-60(72(112)89-37-16-14-28-58-74(114)95-56(27-17-38-90-81(83)84)47-87-48-68(107)97-65(44-70(109)110)80(120)104-64(79(119)99-58)43-53-24-9-4-10-25-53)32-34-67(106)88-36-15-13-29-59-75(115)98-57(30-18-39-91-82(85)86)73(113)93-49-69(108)96-61(35-40-122-121)76(116)103-63(78(118)100-59)42-52-22-7-3-8-23-52/h2-12,19-26,31,33,45-46,56-65,87,121H,13-18,27-30,32,34-44,47-49H2,1H3,(H,88,106)(H,89,112)(H,92,105)(H,93,113)(H,95,114)(H,96,108)(H,97,107)(H,98,115)(H,99,119)(H,100,118)(H,101,117)(H,102,111)(H,103,116)(H,104,120)(H,109,110)(H4,83,84,90)(H4,85,86,91)/b94-46+/t56-,57?,58-,59?,60?,61?,62-,63+,64?,65-/m0/s1. The molecule has 25 N–H and O–H groups in total. The van der Waals surface area contributed by atoms with Gasteiger partial charge >= 0.3 is 5.97 Å². The molecule has 40 heteroatoms. The van der Waals surface area contributed by atoms with E-state index in [1.54, 1.807) is 97.2 Å². The second-order valence-corrected chi connectivity index (χ2v) is 29.3. The van der Waals surface area contributed by atoms with Crippen LogP contribution in [-0.4, -0.2) is 229 Å². The number of hydrazone groups is 1. The lowest BCUT2D eigenvalue weighted by atomic mass is 10.0. The number of aliphatic carboxylic acids is 1. The number of unbranched alkanes of at least 4 members (excludes halogenated alkanes) is 2. The second-order valence-electron chi connectivity index (χ2n) is 29.3. The Labute approximate surface area is 704 Å². The third-order valence-corrected chi connectivity index (χ3v) is 19.6. The van der Waals surface area contributed by atoms with Crippen molar-refractivity contribution >= 4 is 107 Å². The zero-order valence-corrected chi connectivity index (χ0v) is 67.8. The molecule has 2 saturated heterocycles. The first-order valence-corrected chi connectivity index (χ1v) is 40.3. The van der Waals surface area contributed by atoms with Crippen LogP contribution in [0.3, 0.4) is 0 Å². The largest absolute Gasteiger partial charge is 0.481 e. The molecule has 7 rings (SSSR count). The number of carboxylic acids is 1. The number of benzene rings is 4. The number of carbonyl (C=O) groups is 14. The van der Waals surface area contributed by atoms with E-state index in [0.717, 1.165) is 11.1 Å². The molecule has 13 amide bonds. The number of carbonyl (C=O) groups excluding carboxylic acids is 13. The van der Waals surface area contributed by atoms with Gasteiger partial charge in [0.2, 0.25) is 70.9 Å². The lowest BCUT2D eigenvalue weighted by Crippen LogP contribution is -2.58. The number of rotatable bonds is 40. The van der Waals surface area contributed by atoms with Gasteiger partial charge in [-0.05, 0) is 118 Å². The summed E-state index contributed by atoms with van der Waals surface area (Å²) in [6, 6.07) is 23.1. The molecule has 122 heavy (non-hydrogen) atoms. The minimum absolute atomic E-state index is 0.0210. The van der Waals surface area contributed by atoms with Crippen molar-refractivity contribution in [1.82, 2.24) is 90.1 Å². The number of aromatic nitrogens is 1. The van der Waals surface area contributed by atoms with Gasteiger partial charge in [-0.3, -0.25) is 88.6 Å². The summed E-state index contributed by atoms with van der Waals surface area (Å²) in [6.45, 7) is 0.637. The smallest absolute Gasteiger partial charge is 0.305 e. The van der Waals surface area contributed by atoms with Gasteiger partial charge in [0.25, 0.3) is 5.91 Å². The first kappa shape index (κ1) is 95.6. The fourth-order valence-corrected chi connectivity index (χ4v) is 13.1. The van der Waals surface area contributed by atoms with E-state index in [1.165, 1.54) is 18.3 Å².